The second kappa shape index (κ2) is 7.07. The van der Waals surface area contributed by atoms with Gasteiger partial charge in [-0.15, -0.1) is 0 Å². The van der Waals surface area contributed by atoms with Gasteiger partial charge in [-0.05, 0) is 18.8 Å². The lowest BCUT2D eigenvalue weighted by Gasteiger charge is -2.33. The molecule has 0 aromatic carbocycles. The summed E-state index contributed by atoms with van der Waals surface area (Å²) in [5, 5.41) is 3.40. The molecule has 1 aromatic rings. The number of hydrogen-bond acceptors (Lipinski definition) is 4. The van der Waals surface area contributed by atoms with Crippen LogP contribution in [-0.2, 0) is 4.79 Å². The maximum absolute atomic E-state index is 11.0. The molecule has 5 nitrogen and oxygen atoms in total. The van der Waals surface area contributed by atoms with Gasteiger partial charge in [-0.25, -0.2) is 9.97 Å². The molecule has 0 bridgehead atoms. The third kappa shape index (κ3) is 4.56. The SMILES string of the molecule is CC(=O)NCC1CCN(c2cc(Cl)nc(C(C)C)n2)CC1. The molecule has 0 saturated carbocycles. The third-order valence-corrected chi connectivity index (χ3v) is 3.99. The summed E-state index contributed by atoms with van der Waals surface area (Å²) in [6.45, 7) is 8.34. The van der Waals surface area contributed by atoms with Crippen LogP contribution in [0.15, 0.2) is 6.07 Å². The highest BCUT2D eigenvalue weighted by Gasteiger charge is 2.21. The van der Waals surface area contributed by atoms with Crippen LogP contribution in [0.25, 0.3) is 0 Å². The fourth-order valence-electron chi connectivity index (χ4n) is 2.50. The van der Waals surface area contributed by atoms with E-state index in [1.54, 1.807) is 6.92 Å². The lowest BCUT2D eigenvalue weighted by molar-refractivity contribution is -0.119. The van der Waals surface area contributed by atoms with Gasteiger partial charge in [-0.2, -0.15) is 0 Å². The molecule has 0 atom stereocenters. The molecule has 0 unspecified atom stereocenters. The van der Waals surface area contributed by atoms with E-state index >= 15 is 0 Å². The van der Waals surface area contributed by atoms with Gasteiger partial charge in [0.2, 0.25) is 5.91 Å². The van der Waals surface area contributed by atoms with Gasteiger partial charge in [-0.1, -0.05) is 25.4 Å². The standard InChI is InChI=1S/C15H23ClN4O/c1-10(2)15-18-13(16)8-14(19-15)20-6-4-12(5-7-20)9-17-11(3)21/h8,10,12H,4-7,9H2,1-3H3,(H,17,21). The van der Waals surface area contributed by atoms with E-state index in [0.717, 1.165) is 44.1 Å². The van der Waals surface area contributed by atoms with Crippen LogP contribution in [-0.4, -0.2) is 35.5 Å². The van der Waals surface area contributed by atoms with Crippen LogP contribution in [0.1, 0.15) is 45.4 Å². The van der Waals surface area contributed by atoms with Crippen molar-refractivity contribution in [2.45, 2.75) is 39.5 Å². The zero-order valence-corrected chi connectivity index (χ0v) is 13.7. The molecule has 1 amide bonds. The van der Waals surface area contributed by atoms with E-state index in [1.807, 2.05) is 6.07 Å². The fourth-order valence-corrected chi connectivity index (χ4v) is 2.68. The minimum Gasteiger partial charge on any atom is -0.356 e. The van der Waals surface area contributed by atoms with E-state index in [-0.39, 0.29) is 11.8 Å². The average molecular weight is 311 g/mol. The highest BCUT2D eigenvalue weighted by molar-refractivity contribution is 6.29. The number of hydrogen-bond donors (Lipinski definition) is 1. The summed E-state index contributed by atoms with van der Waals surface area (Å²) in [4.78, 5) is 22.1. The molecular formula is C15H23ClN4O. The largest absolute Gasteiger partial charge is 0.356 e. The van der Waals surface area contributed by atoms with E-state index in [2.05, 4.69) is 34.0 Å². The molecule has 1 N–H and O–H groups in total. The number of rotatable bonds is 4. The second-order valence-electron chi connectivity index (χ2n) is 5.93. The first-order valence-corrected chi connectivity index (χ1v) is 7.87. The lowest BCUT2D eigenvalue weighted by Crippen LogP contribution is -2.38. The summed E-state index contributed by atoms with van der Waals surface area (Å²) < 4.78 is 0. The Morgan fingerprint density at radius 1 is 1.43 bits per heavy atom. The molecule has 1 fully saturated rings. The van der Waals surface area contributed by atoms with Crippen molar-refractivity contribution in [1.82, 2.24) is 15.3 Å². The van der Waals surface area contributed by atoms with Gasteiger partial charge in [-0.3, -0.25) is 4.79 Å². The van der Waals surface area contributed by atoms with E-state index in [4.69, 9.17) is 11.6 Å². The van der Waals surface area contributed by atoms with Gasteiger partial charge in [0.25, 0.3) is 0 Å². The molecule has 2 heterocycles. The van der Waals surface area contributed by atoms with Crippen molar-refractivity contribution in [1.29, 1.82) is 0 Å². The topological polar surface area (TPSA) is 58.1 Å². The predicted octanol–water partition coefficient (Wildman–Crippen LogP) is 2.61. The van der Waals surface area contributed by atoms with Gasteiger partial charge < -0.3 is 10.2 Å². The molecule has 0 aliphatic carbocycles. The van der Waals surface area contributed by atoms with E-state index in [0.29, 0.717) is 11.1 Å². The van der Waals surface area contributed by atoms with Crippen molar-refractivity contribution in [3.05, 3.63) is 17.0 Å². The number of anilines is 1. The van der Waals surface area contributed by atoms with Gasteiger partial charge in [0, 0.05) is 38.5 Å². The maximum atomic E-state index is 11.0. The smallest absolute Gasteiger partial charge is 0.216 e. The molecule has 1 aromatic heterocycles. The zero-order valence-electron chi connectivity index (χ0n) is 12.9. The molecule has 116 valence electrons. The normalized spacial score (nSPS) is 16.3. The Hall–Kier alpha value is -1.36. The summed E-state index contributed by atoms with van der Waals surface area (Å²) in [6.07, 6.45) is 2.11. The van der Waals surface area contributed by atoms with Crippen LogP contribution in [0.4, 0.5) is 5.82 Å². The van der Waals surface area contributed by atoms with Crippen LogP contribution in [0.3, 0.4) is 0 Å². The van der Waals surface area contributed by atoms with Gasteiger partial charge in [0.1, 0.15) is 16.8 Å². The highest BCUT2D eigenvalue weighted by atomic mass is 35.5. The van der Waals surface area contributed by atoms with Crippen LogP contribution in [0.2, 0.25) is 5.15 Å². The second-order valence-corrected chi connectivity index (χ2v) is 6.32. The van der Waals surface area contributed by atoms with Crippen molar-refractivity contribution in [2.75, 3.05) is 24.5 Å². The number of piperidine rings is 1. The number of carbonyl (C=O) groups is 1. The van der Waals surface area contributed by atoms with Crippen LogP contribution >= 0.6 is 11.6 Å². The number of halogens is 1. The van der Waals surface area contributed by atoms with Crippen molar-refractivity contribution >= 4 is 23.3 Å². The lowest BCUT2D eigenvalue weighted by atomic mass is 9.97. The maximum Gasteiger partial charge on any atom is 0.216 e. The number of aromatic nitrogens is 2. The Morgan fingerprint density at radius 3 is 2.67 bits per heavy atom. The Labute approximate surface area is 131 Å². The van der Waals surface area contributed by atoms with Crippen molar-refractivity contribution < 1.29 is 4.79 Å². The monoisotopic (exact) mass is 310 g/mol. The minimum atomic E-state index is 0.0431. The average Bonchev–Trinajstić information content (AvgIpc) is 2.45. The summed E-state index contributed by atoms with van der Waals surface area (Å²) in [5.74, 6) is 2.56. The third-order valence-electron chi connectivity index (χ3n) is 3.79. The molecular weight excluding hydrogens is 288 g/mol. The molecule has 2 rings (SSSR count). The summed E-state index contributed by atoms with van der Waals surface area (Å²) in [5.41, 5.74) is 0. The Morgan fingerprint density at radius 2 is 2.10 bits per heavy atom. The van der Waals surface area contributed by atoms with E-state index in [1.165, 1.54) is 0 Å². The van der Waals surface area contributed by atoms with Crippen molar-refractivity contribution in [2.24, 2.45) is 5.92 Å². The fraction of sp³-hybridized carbons (Fsp3) is 0.667. The Kier molecular flexibility index (Phi) is 5.39. The van der Waals surface area contributed by atoms with Crippen LogP contribution in [0, 0.1) is 5.92 Å². The van der Waals surface area contributed by atoms with Crippen molar-refractivity contribution in [3.8, 4) is 0 Å². The minimum absolute atomic E-state index is 0.0431. The molecule has 21 heavy (non-hydrogen) atoms. The van der Waals surface area contributed by atoms with E-state index in [9.17, 15) is 4.79 Å². The quantitative estimate of drug-likeness (QED) is 0.869. The number of carbonyl (C=O) groups excluding carboxylic acids is 1. The molecule has 0 radical (unpaired) electrons. The molecule has 6 heteroatoms. The molecule has 1 saturated heterocycles. The van der Waals surface area contributed by atoms with Crippen LogP contribution in [0.5, 0.6) is 0 Å². The van der Waals surface area contributed by atoms with Crippen molar-refractivity contribution in [3.63, 3.8) is 0 Å². The summed E-state index contributed by atoms with van der Waals surface area (Å²) in [7, 11) is 0. The highest BCUT2D eigenvalue weighted by Crippen LogP contribution is 2.24. The van der Waals surface area contributed by atoms with Gasteiger partial charge >= 0.3 is 0 Å². The summed E-state index contributed by atoms with van der Waals surface area (Å²) >= 11 is 6.10. The van der Waals surface area contributed by atoms with E-state index < -0.39 is 0 Å². The van der Waals surface area contributed by atoms with Crippen LogP contribution < -0.4 is 10.2 Å². The first kappa shape index (κ1) is 16.0. The zero-order chi connectivity index (χ0) is 15.4. The molecule has 0 spiro atoms. The van der Waals surface area contributed by atoms with Gasteiger partial charge in [0.05, 0.1) is 0 Å². The molecule has 1 aliphatic heterocycles. The Balaban J connectivity index is 1.97. The number of amides is 1. The molecule has 1 aliphatic rings. The number of nitrogens with zero attached hydrogens (tertiary/aromatic N) is 3. The number of nitrogens with one attached hydrogen (secondary N) is 1. The first-order valence-electron chi connectivity index (χ1n) is 7.49. The predicted molar refractivity (Wildman–Crippen MR) is 84.8 cm³/mol. The van der Waals surface area contributed by atoms with Gasteiger partial charge in [0.15, 0.2) is 0 Å². The first-order chi connectivity index (χ1) is 9.95. The summed E-state index contributed by atoms with van der Waals surface area (Å²) in [6, 6.07) is 1.83. The Bertz CT molecular complexity index is 498.